The van der Waals surface area contributed by atoms with Crippen LogP contribution in [0.5, 0.6) is 0 Å². The normalized spacial score (nSPS) is 19.4. The second kappa shape index (κ2) is 13.6. The van der Waals surface area contributed by atoms with Gasteiger partial charge in [0.25, 0.3) is 5.91 Å². The van der Waals surface area contributed by atoms with E-state index in [4.69, 9.17) is 19.3 Å². The topological polar surface area (TPSA) is 131 Å². The van der Waals surface area contributed by atoms with Gasteiger partial charge in [-0.15, -0.1) is 11.8 Å². The Kier molecular flexibility index (Phi) is 9.94. The first-order valence-electron chi connectivity index (χ1n) is 12.8. The van der Waals surface area contributed by atoms with E-state index in [2.05, 4.69) is 5.32 Å². The number of benzene rings is 3. The molecule has 3 aromatic carbocycles. The minimum absolute atomic E-state index is 0.0495. The lowest BCUT2D eigenvalue weighted by Crippen LogP contribution is -2.31. The maximum absolute atomic E-state index is 12.5. The van der Waals surface area contributed by atoms with E-state index in [1.165, 1.54) is 13.8 Å². The van der Waals surface area contributed by atoms with Gasteiger partial charge in [0.2, 0.25) is 0 Å². The van der Waals surface area contributed by atoms with Crippen molar-refractivity contribution in [1.29, 1.82) is 0 Å². The van der Waals surface area contributed by atoms with Crippen molar-refractivity contribution in [3.8, 4) is 0 Å². The van der Waals surface area contributed by atoms with Crippen LogP contribution in [0.15, 0.2) is 77.7 Å². The van der Waals surface area contributed by atoms with Gasteiger partial charge in [-0.1, -0.05) is 36.4 Å². The van der Waals surface area contributed by atoms with Crippen molar-refractivity contribution in [2.45, 2.75) is 56.4 Å². The lowest BCUT2D eigenvalue weighted by Gasteiger charge is -2.36. The Morgan fingerprint density at radius 1 is 1.02 bits per heavy atom. The number of carbonyl (C=O) groups excluding carboxylic acids is 2. The highest BCUT2D eigenvalue weighted by Gasteiger charge is 2.32. The van der Waals surface area contributed by atoms with Crippen molar-refractivity contribution in [2.75, 3.05) is 11.1 Å². The first kappa shape index (κ1) is 29.3. The summed E-state index contributed by atoms with van der Waals surface area (Å²) in [7, 11) is 0. The molecule has 4 rings (SSSR count). The van der Waals surface area contributed by atoms with E-state index in [0.29, 0.717) is 23.4 Å². The van der Waals surface area contributed by atoms with Crippen molar-refractivity contribution in [2.24, 2.45) is 0 Å². The van der Waals surface area contributed by atoms with Crippen molar-refractivity contribution < 1.29 is 38.8 Å². The largest absolute Gasteiger partial charge is 0.478 e. The molecular formula is C30H31NO8S. The molecule has 1 aliphatic rings. The molecule has 4 atom stereocenters. The van der Waals surface area contributed by atoms with Crippen LogP contribution in [0.25, 0.3) is 0 Å². The predicted molar refractivity (Wildman–Crippen MR) is 149 cm³/mol. The fraction of sp³-hybridized carbons (Fsp3) is 0.300. The molecule has 0 radical (unpaired) electrons. The van der Waals surface area contributed by atoms with Gasteiger partial charge < -0.3 is 29.7 Å². The number of ether oxygens (including phenoxy) is 3. The molecule has 0 bridgehead atoms. The molecular weight excluding hydrogens is 534 g/mol. The Hall–Kier alpha value is -3.70. The zero-order chi connectivity index (χ0) is 28.6. The molecule has 0 spiro atoms. The number of rotatable bonds is 10. The van der Waals surface area contributed by atoms with Crippen LogP contribution in [-0.2, 0) is 30.4 Å². The maximum Gasteiger partial charge on any atom is 0.335 e. The van der Waals surface area contributed by atoms with Gasteiger partial charge in [-0.2, -0.15) is 0 Å². The van der Waals surface area contributed by atoms with Crippen molar-refractivity contribution in [1.82, 2.24) is 0 Å². The fourth-order valence-corrected chi connectivity index (χ4v) is 5.14. The summed E-state index contributed by atoms with van der Waals surface area (Å²) in [6, 6.07) is 21.4. The number of carbonyl (C=O) groups is 3. The molecule has 1 saturated heterocycles. The molecule has 0 saturated carbocycles. The van der Waals surface area contributed by atoms with Crippen LogP contribution >= 0.6 is 11.8 Å². The lowest BCUT2D eigenvalue weighted by atomic mass is 10.0. The number of carboxylic acids is 1. The van der Waals surface area contributed by atoms with E-state index in [0.717, 1.165) is 16.0 Å². The van der Waals surface area contributed by atoms with Crippen molar-refractivity contribution in [3.63, 3.8) is 0 Å². The zero-order valence-electron chi connectivity index (χ0n) is 22.1. The number of aliphatic hydroxyl groups is 1. The number of hydrogen-bond donors (Lipinski definition) is 3. The molecule has 0 aliphatic carbocycles. The second-order valence-corrected chi connectivity index (χ2v) is 10.5. The molecule has 10 heteroatoms. The molecule has 1 aliphatic heterocycles. The molecule has 1 fully saturated rings. The Bertz CT molecular complexity index is 1330. The van der Waals surface area contributed by atoms with Crippen LogP contribution in [0.3, 0.4) is 0 Å². The standard InChI is InChI=1S/C30H31NO8S/c1-18(37-19(2)33)28(34)31-24-5-3-4-23(14-24)30-38-25(17-40-26-12-10-22(11-13-26)29(35)36)15-27(39-30)21-8-6-20(16-32)7-9-21/h3-14,18,25,27,30,32H,15-17H2,1-2H3,(H,31,34)(H,35,36). The summed E-state index contributed by atoms with van der Waals surface area (Å²) in [6.45, 7) is 2.69. The molecule has 9 nitrogen and oxygen atoms in total. The Morgan fingerprint density at radius 3 is 2.40 bits per heavy atom. The van der Waals surface area contributed by atoms with Crippen LogP contribution in [-0.4, -0.2) is 46.0 Å². The summed E-state index contributed by atoms with van der Waals surface area (Å²) in [6.07, 6.45) is -1.56. The molecule has 1 amide bonds. The summed E-state index contributed by atoms with van der Waals surface area (Å²) in [5, 5.41) is 21.3. The molecule has 4 unspecified atom stereocenters. The van der Waals surface area contributed by atoms with Crippen LogP contribution in [0, 0.1) is 0 Å². The van der Waals surface area contributed by atoms with Crippen molar-refractivity contribution in [3.05, 3.63) is 95.1 Å². The Balaban J connectivity index is 1.51. The van der Waals surface area contributed by atoms with E-state index in [-0.39, 0.29) is 24.4 Å². The summed E-state index contributed by atoms with van der Waals surface area (Å²) >= 11 is 1.56. The van der Waals surface area contributed by atoms with Gasteiger partial charge in [0.15, 0.2) is 12.4 Å². The van der Waals surface area contributed by atoms with Crippen LogP contribution in [0.4, 0.5) is 5.69 Å². The first-order valence-corrected chi connectivity index (χ1v) is 13.7. The molecule has 3 aromatic rings. The molecule has 40 heavy (non-hydrogen) atoms. The van der Waals surface area contributed by atoms with Gasteiger partial charge in [0.1, 0.15) is 0 Å². The van der Waals surface area contributed by atoms with E-state index >= 15 is 0 Å². The van der Waals surface area contributed by atoms with E-state index in [9.17, 15) is 19.5 Å². The highest BCUT2D eigenvalue weighted by molar-refractivity contribution is 7.99. The van der Waals surface area contributed by atoms with E-state index < -0.39 is 30.2 Å². The maximum atomic E-state index is 12.5. The van der Waals surface area contributed by atoms with Gasteiger partial charge >= 0.3 is 11.9 Å². The molecule has 0 aromatic heterocycles. The molecule has 1 heterocycles. The number of amides is 1. The average molecular weight is 566 g/mol. The second-order valence-electron chi connectivity index (χ2n) is 9.36. The van der Waals surface area contributed by atoms with Crippen molar-refractivity contribution >= 4 is 35.3 Å². The number of carboxylic acid groups (broad SMARTS) is 1. The Labute approximate surface area is 236 Å². The lowest BCUT2D eigenvalue weighted by molar-refractivity contribution is -0.245. The monoisotopic (exact) mass is 565 g/mol. The minimum Gasteiger partial charge on any atom is -0.478 e. The first-order chi connectivity index (χ1) is 19.2. The third kappa shape index (κ3) is 7.92. The fourth-order valence-electron chi connectivity index (χ4n) is 4.22. The quantitative estimate of drug-likeness (QED) is 0.227. The van der Waals surface area contributed by atoms with Gasteiger partial charge in [0.05, 0.1) is 24.4 Å². The number of hydrogen-bond acceptors (Lipinski definition) is 8. The highest BCUT2D eigenvalue weighted by Crippen LogP contribution is 2.40. The van der Waals surface area contributed by atoms with Gasteiger partial charge in [-0.3, -0.25) is 9.59 Å². The smallest absolute Gasteiger partial charge is 0.335 e. The van der Waals surface area contributed by atoms with Crippen LogP contribution in [0.2, 0.25) is 0 Å². The third-order valence-corrected chi connectivity index (χ3v) is 7.43. The third-order valence-electron chi connectivity index (χ3n) is 6.29. The Morgan fingerprint density at radius 2 is 1.75 bits per heavy atom. The molecule has 3 N–H and O–H groups in total. The SMILES string of the molecule is CC(=O)OC(C)C(=O)Nc1cccc(C2OC(CSc3ccc(C(=O)O)cc3)CC(c3ccc(CO)cc3)O2)c1. The summed E-state index contributed by atoms with van der Waals surface area (Å²) in [4.78, 5) is 35.7. The van der Waals surface area contributed by atoms with E-state index in [1.807, 2.05) is 30.3 Å². The summed E-state index contributed by atoms with van der Waals surface area (Å²) in [5.74, 6) is -1.36. The predicted octanol–water partition coefficient (Wildman–Crippen LogP) is 5.10. The summed E-state index contributed by atoms with van der Waals surface area (Å²) < 4.78 is 17.7. The summed E-state index contributed by atoms with van der Waals surface area (Å²) in [5.41, 5.74) is 3.19. The van der Waals surface area contributed by atoms with Gasteiger partial charge in [0, 0.05) is 35.2 Å². The van der Waals surface area contributed by atoms with Gasteiger partial charge in [-0.25, -0.2) is 4.79 Å². The molecule has 210 valence electrons. The van der Waals surface area contributed by atoms with Crippen LogP contribution in [0.1, 0.15) is 59.7 Å². The number of anilines is 1. The number of aromatic carboxylic acids is 1. The number of esters is 1. The highest BCUT2D eigenvalue weighted by atomic mass is 32.2. The zero-order valence-corrected chi connectivity index (χ0v) is 22.9. The minimum atomic E-state index is -0.971. The number of nitrogens with one attached hydrogen (secondary N) is 1. The number of thioether (sulfide) groups is 1. The van der Waals surface area contributed by atoms with Gasteiger partial charge in [-0.05, 0) is 54.4 Å². The van der Waals surface area contributed by atoms with Crippen LogP contribution < -0.4 is 5.32 Å². The number of aliphatic hydroxyl groups excluding tert-OH is 1. The van der Waals surface area contributed by atoms with E-state index in [1.54, 1.807) is 54.2 Å². The average Bonchev–Trinajstić information content (AvgIpc) is 2.96.